The van der Waals surface area contributed by atoms with Crippen molar-refractivity contribution >= 4 is 60.2 Å². The van der Waals surface area contributed by atoms with Gasteiger partial charge in [0.15, 0.2) is 5.78 Å². The van der Waals surface area contributed by atoms with E-state index in [4.69, 9.17) is 21.5 Å². The normalized spacial score (nSPS) is 15.0. The van der Waals surface area contributed by atoms with Gasteiger partial charge in [-0.25, -0.2) is 0 Å². The fraction of sp³-hybridized carbons (Fsp3) is 0.118. The molecule has 3 rings (SSSR count). The molecule has 0 spiro atoms. The summed E-state index contributed by atoms with van der Waals surface area (Å²) in [5, 5.41) is 9.09. The van der Waals surface area contributed by atoms with E-state index in [2.05, 4.69) is 31.9 Å². The fourth-order valence-corrected chi connectivity index (χ4v) is 3.52. The highest BCUT2D eigenvalue weighted by Gasteiger charge is 2.25. The highest BCUT2D eigenvalue weighted by Crippen LogP contribution is 2.37. The van der Waals surface area contributed by atoms with E-state index in [9.17, 15) is 9.90 Å². The fourth-order valence-electron chi connectivity index (χ4n) is 2.18. The minimum Gasteiger partial charge on any atom is -0.506 e. The smallest absolute Gasteiger partial charge is 0.197 e. The first-order valence-electron chi connectivity index (χ1n) is 8.45. The largest absolute Gasteiger partial charge is 0.506 e. The van der Waals surface area contributed by atoms with Gasteiger partial charge in [-0.1, -0.05) is 18.1 Å². The molecule has 0 amide bonds. The molecule has 2 aromatic carbocycles. The van der Waals surface area contributed by atoms with Crippen LogP contribution in [0.4, 0.5) is 0 Å². The van der Waals surface area contributed by atoms with E-state index in [1.165, 1.54) is 12.1 Å². The third-order valence-electron chi connectivity index (χ3n) is 3.23. The molecule has 0 bridgehead atoms. The predicted molar refractivity (Wildman–Crippen MR) is 97.4 cm³/mol. The maximum absolute atomic E-state index is 13.2. The van der Waals surface area contributed by atoms with Crippen molar-refractivity contribution < 1.29 is 19.8 Å². The maximum Gasteiger partial charge on any atom is 0.197 e. The third-order valence-corrected chi connectivity index (χ3v) is 4.64. The number of fused-ring (bicyclic) bond motifs is 1. The van der Waals surface area contributed by atoms with Crippen LogP contribution in [0.15, 0.2) is 49.7 Å². The number of aromatic hydroxyl groups is 1. The zero-order valence-electron chi connectivity index (χ0n) is 15.6. The van der Waals surface area contributed by atoms with Crippen LogP contribution >= 0.6 is 43.5 Å². The molecule has 6 heteroatoms. The Labute approximate surface area is 160 Å². The number of phenols is 1. The lowest BCUT2D eigenvalue weighted by Crippen LogP contribution is -2.04. The number of alkyl halides is 1. The molecule has 1 atom stereocenters. The van der Waals surface area contributed by atoms with E-state index in [0.717, 1.165) is 0 Å². The Hall–Kier alpha value is -1.30. The molecular formula is C17H11Br2ClO3. The van der Waals surface area contributed by atoms with Crippen LogP contribution in [0, 0.1) is 0 Å². The molecule has 1 N–H and O–H groups in total. The number of hydrogen-bond acceptors (Lipinski definition) is 3. The number of carbonyl (C=O) groups is 1. The topological polar surface area (TPSA) is 50.4 Å². The second-order valence-electron chi connectivity index (χ2n) is 4.78. The predicted octanol–water partition coefficient (Wildman–Crippen LogP) is 6.19. The molecule has 0 aliphatic rings. The summed E-state index contributed by atoms with van der Waals surface area (Å²) in [7, 11) is 0. The first-order valence-corrected chi connectivity index (χ1v) is 8.48. The van der Waals surface area contributed by atoms with Gasteiger partial charge in [0.2, 0.25) is 0 Å². The molecule has 3 nitrogen and oxygen atoms in total. The number of furan rings is 1. The van der Waals surface area contributed by atoms with Crippen LogP contribution in [0.2, 0.25) is 0 Å². The maximum atomic E-state index is 13.2. The van der Waals surface area contributed by atoms with Crippen molar-refractivity contribution in [2.24, 2.45) is 0 Å². The van der Waals surface area contributed by atoms with E-state index >= 15 is 0 Å². The van der Waals surface area contributed by atoms with Crippen molar-refractivity contribution in [3.63, 3.8) is 0 Å². The number of benzene rings is 2. The number of halogens is 3. The Kier molecular flexibility index (Phi) is 3.32. The third kappa shape index (κ3) is 2.93. The highest BCUT2D eigenvalue weighted by atomic mass is 79.9. The van der Waals surface area contributed by atoms with E-state index in [0.29, 0.717) is 0 Å². The first kappa shape index (κ1) is 12.1. The zero-order chi connectivity index (χ0) is 20.2. The van der Waals surface area contributed by atoms with Crippen LogP contribution < -0.4 is 0 Å². The monoisotopic (exact) mass is 460 g/mol. The molecule has 0 aliphatic heterocycles. The molecule has 0 saturated carbocycles. The Balaban J connectivity index is 2.40. The van der Waals surface area contributed by atoms with E-state index < -0.39 is 23.2 Å². The quantitative estimate of drug-likeness (QED) is 0.373. The van der Waals surface area contributed by atoms with Crippen molar-refractivity contribution in [1.29, 1.82) is 0 Å². The van der Waals surface area contributed by atoms with Crippen LogP contribution in [0.25, 0.3) is 11.0 Å². The van der Waals surface area contributed by atoms with Crippen LogP contribution in [-0.2, 0) is 0 Å². The van der Waals surface area contributed by atoms with Gasteiger partial charge in [-0.2, -0.15) is 0 Å². The lowest BCUT2D eigenvalue weighted by Gasteiger charge is -2.07. The number of rotatable bonds is 3. The molecule has 1 heterocycles. The van der Waals surface area contributed by atoms with Gasteiger partial charge in [0.25, 0.3) is 0 Å². The lowest BCUT2D eigenvalue weighted by molar-refractivity contribution is 0.103. The van der Waals surface area contributed by atoms with Gasteiger partial charge in [0.1, 0.15) is 17.1 Å². The summed E-state index contributed by atoms with van der Waals surface area (Å²) < 4.78 is 38.1. The average molecular weight is 463 g/mol. The van der Waals surface area contributed by atoms with Crippen molar-refractivity contribution in [3.8, 4) is 5.75 Å². The van der Waals surface area contributed by atoms with Gasteiger partial charge in [-0.15, -0.1) is 11.6 Å². The molecule has 0 fully saturated rings. The highest BCUT2D eigenvalue weighted by molar-refractivity contribution is 9.11. The Morgan fingerprint density at radius 2 is 1.91 bits per heavy atom. The van der Waals surface area contributed by atoms with Gasteiger partial charge in [-0.05, 0) is 57.0 Å². The van der Waals surface area contributed by atoms with Crippen LogP contribution in [0.1, 0.15) is 39.5 Å². The molecular weight excluding hydrogens is 447 g/mol. The minimum atomic E-state index is -0.748. The molecule has 0 radical (unpaired) electrons. The summed E-state index contributed by atoms with van der Waals surface area (Å²) in [6.45, 7) is 1.58. The van der Waals surface area contributed by atoms with Crippen molar-refractivity contribution in [1.82, 2.24) is 0 Å². The standard InChI is InChI=1S/C17H11Br2ClO3/c1-8(20)17-14(10-4-2-3-5-13(10)23-17)15(21)9-6-11(18)16(22)12(19)7-9/h2-8,22H,1H3/i2D,3D,4D,5D. The molecule has 23 heavy (non-hydrogen) atoms. The Bertz CT molecular complexity index is 1090. The summed E-state index contributed by atoms with van der Waals surface area (Å²) in [5.74, 6) is -0.553. The summed E-state index contributed by atoms with van der Waals surface area (Å²) in [5.41, 5.74) is 0.0352. The molecule has 3 aromatic rings. The van der Waals surface area contributed by atoms with Crippen molar-refractivity contribution in [2.45, 2.75) is 12.3 Å². The molecule has 118 valence electrons. The minimum absolute atomic E-state index is 0.0196. The van der Waals surface area contributed by atoms with Gasteiger partial charge < -0.3 is 9.52 Å². The van der Waals surface area contributed by atoms with Crippen LogP contribution in [0.5, 0.6) is 5.75 Å². The van der Waals surface area contributed by atoms with Crippen molar-refractivity contribution in [2.75, 3.05) is 0 Å². The summed E-state index contributed by atoms with van der Waals surface area (Å²) in [4.78, 5) is 13.2. The van der Waals surface area contributed by atoms with Gasteiger partial charge in [0, 0.05) is 10.9 Å². The Morgan fingerprint density at radius 1 is 1.30 bits per heavy atom. The lowest BCUT2D eigenvalue weighted by atomic mass is 9.99. The second kappa shape index (κ2) is 6.30. The first-order chi connectivity index (χ1) is 12.6. The number of ketones is 1. The summed E-state index contributed by atoms with van der Waals surface area (Å²) in [6.07, 6.45) is 0. The SMILES string of the molecule is [2H]c1c([2H])c([2H])c2c(C(=O)c3cc(Br)c(O)c(Br)c3)c(C(C)Cl)oc2c1[2H]. The van der Waals surface area contributed by atoms with Crippen molar-refractivity contribution in [3.05, 3.63) is 62.1 Å². The molecule has 1 unspecified atom stereocenters. The number of carbonyl (C=O) groups excluding carboxylic acids is 1. The van der Waals surface area contributed by atoms with E-state index in [1.807, 2.05) is 0 Å². The zero-order valence-corrected chi connectivity index (χ0v) is 15.6. The van der Waals surface area contributed by atoms with Gasteiger partial charge in [-0.3, -0.25) is 4.79 Å². The summed E-state index contributed by atoms with van der Waals surface area (Å²) >= 11 is 12.5. The molecule has 1 aromatic heterocycles. The number of para-hydroxylation sites is 1. The van der Waals surface area contributed by atoms with Gasteiger partial charge >= 0.3 is 0 Å². The number of hydrogen-bond donors (Lipinski definition) is 1. The molecule has 0 saturated heterocycles. The van der Waals surface area contributed by atoms with E-state index in [1.54, 1.807) is 6.92 Å². The van der Waals surface area contributed by atoms with Crippen LogP contribution in [0.3, 0.4) is 0 Å². The van der Waals surface area contributed by atoms with E-state index in [-0.39, 0.29) is 54.6 Å². The Morgan fingerprint density at radius 3 is 2.52 bits per heavy atom. The summed E-state index contributed by atoms with van der Waals surface area (Å²) in [6, 6.07) is 1.15. The molecule has 0 aliphatic carbocycles. The van der Waals surface area contributed by atoms with Gasteiger partial charge in [0.05, 0.1) is 25.4 Å². The van der Waals surface area contributed by atoms with Crippen LogP contribution in [-0.4, -0.2) is 10.9 Å². The average Bonchev–Trinajstić information content (AvgIpc) is 3.02. The second-order valence-corrected chi connectivity index (χ2v) is 7.14. The number of phenolic OH excluding ortho intramolecular Hbond substituents is 1.